The van der Waals surface area contributed by atoms with Gasteiger partial charge < -0.3 is 15.0 Å². The van der Waals surface area contributed by atoms with Crippen LogP contribution in [0.15, 0.2) is 48.5 Å². The minimum atomic E-state index is -0.323. The van der Waals surface area contributed by atoms with E-state index in [0.29, 0.717) is 23.7 Å². The van der Waals surface area contributed by atoms with Crippen LogP contribution in [0.5, 0.6) is 5.75 Å². The fourth-order valence-corrected chi connectivity index (χ4v) is 2.97. The first-order chi connectivity index (χ1) is 13.6. The fourth-order valence-electron chi connectivity index (χ4n) is 2.97. The van der Waals surface area contributed by atoms with Crippen LogP contribution in [-0.2, 0) is 9.59 Å². The normalized spacial score (nSPS) is 13.4. The van der Waals surface area contributed by atoms with E-state index < -0.39 is 0 Å². The molecule has 0 unspecified atom stereocenters. The minimum Gasteiger partial charge on any atom is -0.482 e. The average Bonchev–Trinajstić information content (AvgIpc) is 2.69. The van der Waals surface area contributed by atoms with Crippen LogP contribution in [-0.4, -0.2) is 25.0 Å². The molecule has 1 aliphatic heterocycles. The van der Waals surface area contributed by atoms with Gasteiger partial charge in [0.1, 0.15) is 11.6 Å². The van der Waals surface area contributed by atoms with E-state index in [1.165, 1.54) is 18.2 Å². The zero-order chi connectivity index (χ0) is 19.9. The molecule has 0 saturated carbocycles. The molecular weight excluding hydrogens is 359 g/mol. The lowest BCUT2D eigenvalue weighted by Gasteiger charge is -2.29. The zero-order valence-electron chi connectivity index (χ0n) is 15.8. The summed E-state index contributed by atoms with van der Waals surface area (Å²) >= 11 is 0. The summed E-state index contributed by atoms with van der Waals surface area (Å²) in [7, 11) is 0. The summed E-state index contributed by atoms with van der Waals surface area (Å²) < 4.78 is 18.4. The van der Waals surface area contributed by atoms with Gasteiger partial charge in [0.15, 0.2) is 6.61 Å². The van der Waals surface area contributed by atoms with E-state index in [0.717, 1.165) is 24.8 Å². The number of unbranched alkanes of at least 4 members (excludes halogenated alkanes) is 2. The number of nitrogens with zero attached hydrogens (tertiary/aromatic N) is 1. The van der Waals surface area contributed by atoms with Gasteiger partial charge in [0, 0.05) is 18.3 Å². The standard InChI is InChI=1S/C22H23FN2O3/c1-2-3-4-13-25-19-14-18(10-11-20(19)28-15-22(25)27)24-21(26)12-7-16-5-8-17(23)9-6-16/h5-12,14H,2-4,13,15H2,1H3,(H,24,26)/b12-7+. The Bertz CT molecular complexity index is 878. The van der Waals surface area contributed by atoms with Crippen molar-refractivity contribution in [3.63, 3.8) is 0 Å². The topological polar surface area (TPSA) is 58.6 Å². The predicted octanol–water partition coefficient (Wildman–Crippen LogP) is 4.39. The highest BCUT2D eigenvalue weighted by atomic mass is 19.1. The molecule has 1 aliphatic rings. The number of hydrogen-bond acceptors (Lipinski definition) is 3. The summed E-state index contributed by atoms with van der Waals surface area (Å²) in [6, 6.07) is 11.1. The van der Waals surface area contributed by atoms with Gasteiger partial charge in [-0.3, -0.25) is 9.59 Å². The number of fused-ring (bicyclic) bond motifs is 1. The molecule has 0 atom stereocenters. The van der Waals surface area contributed by atoms with Crippen LogP contribution in [0.4, 0.5) is 15.8 Å². The van der Waals surface area contributed by atoms with E-state index in [1.807, 2.05) is 0 Å². The maximum absolute atomic E-state index is 12.9. The highest BCUT2D eigenvalue weighted by Gasteiger charge is 2.25. The molecule has 0 saturated heterocycles. The highest BCUT2D eigenvalue weighted by molar-refractivity contribution is 6.03. The number of rotatable bonds is 7. The number of nitrogens with one attached hydrogen (secondary N) is 1. The molecule has 2 aromatic carbocycles. The first-order valence-electron chi connectivity index (χ1n) is 9.38. The van der Waals surface area contributed by atoms with Gasteiger partial charge in [-0.05, 0) is 48.4 Å². The number of amides is 2. The van der Waals surface area contributed by atoms with Crippen molar-refractivity contribution in [2.75, 3.05) is 23.4 Å². The van der Waals surface area contributed by atoms with Crippen LogP contribution in [0.1, 0.15) is 31.7 Å². The van der Waals surface area contributed by atoms with E-state index in [-0.39, 0.29) is 24.2 Å². The van der Waals surface area contributed by atoms with Crippen LogP contribution >= 0.6 is 0 Å². The molecule has 2 aromatic rings. The van der Waals surface area contributed by atoms with Gasteiger partial charge in [-0.15, -0.1) is 0 Å². The Balaban J connectivity index is 1.70. The van der Waals surface area contributed by atoms with Crippen molar-refractivity contribution in [2.45, 2.75) is 26.2 Å². The first-order valence-corrected chi connectivity index (χ1v) is 9.38. The summed E-state index contributed by atoms with van der Waals surface area (Å²) in [5.74, 6) is -0.0833. The third-order valence-corrected chi connectivity index (χ3v) is 4.45. The number of hydrogen-bond donors (Lipinski definition) is 1. The molecule has 146 valence electrons. The molecular formula is C22H23FN2O3. The van der Waals surface area contributed by atoms with Gasteiger partial charge in [-0.1, -0.05) is 31.9 Å². The first kappa shape index (κ1) is 19.6. The Morgan fingerprint density at radius 1 is 1.21 bits per heavy atom. The van der Waals surface area contributed by atoms with Gasteiger partial charge in [-0.2, -0.15) is 0 Å². The predicted molar refractivity (Wildman–Crippen MR) is 108 cm³/mol. The van der Waals surface area contributed by atoms with E-state index >= 15 is 0 Å². The third-order valence-electron chi connectivity index (χ3n) is 4.45. The van der Waals surface area contributed by atoms with Crippen molar-refractivity contribution in [2.24, 2.45) is 0 Å². The number of carbonyl (C=O) groups excluding carboxylic acids is 2. The van der Waals surface area contributed by atoms with Crippen molar-refractivity contribution in [3.05, 3.63) is 59.9 Å². The smallest absolute Gasteiger partial charge is 0.265 e. The lowest BCUT2D eigenvalue weighted by atomic mass is 10.1. The summed E-state index contributed by atoms with van der Waals surface area (Å²) in [6.45, 7) is 2.78. The van der Waals surface area contributed by atoms with E-state index in [9.17, 15) is 14.0 Å². The molecule has 3 rings (SSSR count). The molecule has 0 aliphatic carbocycles. The van der Waals surface area contributed by atoms with Crippen LogP contribution in [0.2, 0.25) is 0 Å². The van der Waals surface area contributed by atoms with Crippen LogP contribution in [0.3, 0.4) is 0 Å². The molecule has 0 bridgehead atoms. The molecule has 28 heavy (non-hydrogen) atoms. The molecule has 5 nitrogen and oxygen atoms in total. The van der Waals surface area contributed by atoms with Crippen LogP contribution in [0.25, 0.3) is 6.08 Å². The zero-order valence-corrected chi connectivity index (χ0v) is 15.8. The second kappa shape index (κ2) is 9.17. The van der Waals surface area contributed by atoms with E-state index in [4.69, 9.17) is 4.74 Å². The molecule has 0 spiro atoms. The summed E-state index contributed by atoms with van der Waals surface area (Å²) in [5, 5.41) is 2.78. The number of benzene rings is 2. The molecule has 2 amide bonds. The van der Waals surface area contributed by atoms with Crippen molar-refractivity contribution >= 4 is 29.3 Å². The molecule has 0 fully saturated rings. The van der Waals surface area contributed by atoms with Crippen LogP contribution in [0, 0.1) is 5.82 Å². The van der Waals surface area contributed by atoms with Gasteiger partial charge in [0.05, 0.1) is 5.69 Å². The van der Waals surface area contributed by atoms with Crippen molar-refractivity contribution in [1.82, 2.24) is 0 Å². The maximum atomic E-state index is 12.9. The molecule has 0 radical (unpaired) electrons. The Morgan fingerprint density at radius 2 is 2.00 bits per heavy atom. The van der Waals surface area contributed by atoms with Gasteiger partial charge in [-0.25, -0.2) is 4.39 Å². The van der Waals surface area contributed by atoms with Gasteiger partial charge in [0.25, 0.3) is 5.91 Å². The Labute approximate surface area is 163 Å². The van der Waals surface area contributed by atoms with Gasteiger partial charge >= 0.3 is 0 Å². The van der Waals surface area contributed by atoms with Crippen molar-refractivity contribution in [1.29, 1.82) is 0 Å². The molecule has 6 heteroatoms. The maximum Gasteiger partial charge on any atom is 0.265 e. The molecule has 0 aromatic heterocycles. The number of halogens is 1. The molecule has 1 heterocycles. The largest absolute Gasteiger partial charge is 0.482 e. The van der Waals surface area contributed by atoms with Crippen LogP contribution < -0.4 is 15.0 Å². The number of ether oxygens (including phenoxy) is 1. The lowest BCUT2D eigenvalue weighted by Crippen LogP contribution is -2.39. The Morgan fingerprint density at radius 3 is 2.75 bits per heavy atom. The number of carbonyl (C=O) groups is 2. The fraction of sp³-hybridized carbons (Fsp3) is 0.273. The SMILES string of the molecule is CCCCCN1C(=O)COc2ccc(NC(=O)/C=C/c3ccc(F)cc3)cc21. The Hall–Kier alpha value is -3.15. The third kappa shape index (κ3) is 4.97. The summed E-state index contributed by atoms with van der Waals surface area (Å²) in [6.07, 6.45) is 6.02. The van der Waals surface area contributed by atoms with Gasteiger partial charge in [0.2, 0.25) is 5.91 Å². The highest BCUT2D eigenvalue weighted by Crippen LogP contribution is 2.34. The van der Waals surface area contributed by atoms with E-state index in [2.05, 4.69) is 12.2 Å². The number of anilines is 2. The van der Waals surface area contributed by atoms with E-state index in [1.54, 1.807) is 41.3 Å². The summed E-state index contributed by atoms with van der Waals surface area (Å²) in [4.78, 5) is 26.2. The monoisotopic (exact) mass is 382 g/mol. The van der Waals surface area contributed by atoms with Crippen molar-refractivity contribution < 1.29 is 18.7 Å². The second-order valence-corrected chi connectivity index (χ2v) is 6.60. The second-order valence-electron chi connectivity index (χ2n) is 6.60. The summed E-state index contributed by atoms with van der Waals surface area (Å²) in [5.41, 5.74) is 1.97. The Kier molecular flexibility index (Phi) is 6.42. The molecule has 1 N–H and O–H groups in total. The average molecular weight is 382 g/mol. The minimum absolute atomic E-state index is 0.0330. The lowest BCUT2D eigenvalue weighted by molar-refractivity contribution is -0.121. The van der Waals surface area contributed by atoms with Crippen molar-refractivity contribution in [3.8, 4) is 5.75 Å². The quantitative estimate of drug-likeness (QED) is 0.571.